The lowest BCUT2D eigenvalue weighted by atomic mass is 9.87. The summed E-state index contributed by atoms with van der Waals surface area (Å²) < 4.78 is 10.8. The van der Waals surface area contributed by atoms with Gasteiger partial charge in [0.1, 0.15) is 6.04 Å². The largest absolute Gasteiger partial charge is 0.454 e. The van der Waals surface area contributed by atoms with Gasteiger partial charge in [0.05, 0.1) is 0 Å². The van der Waals surface area contributed by atoms with Crippen molar-refractivity contribution >= 4 is 17.7 Å². The molecular formula is C29H35N3O5. The van der Waals surface area contributed by atoms with Crippen LogP contribution in [0.25, 0.3) is 0 Å². The maximum Gasteiger partial charge on any atom is 0.252 e. The van der Waals surface area contributed by atoms with Gasteiger partial charge in [0.2, 0.25) is 18.6 Å². The minimum Gasteiger partial charge on any atom is -0.454 e. The van der Waals surface area contributed by atoms with E-state index in [1.165, 1.54) is 0 Å². The van der Waals surface area contributed by atoms with Gasteiger partial charge in [0, 0.05) is 38.2 Å². The highest BCUT2D eigenvalue weighted by Gasteiger charge is 2.36. The Balaban J connectivity index is 1.23. The highest BCUT2D eigenvalue weighted by atomic mass is 16.7. The van der Waals surface area contributed by atoms with Crippen LogP contribution < -0.4 is 14.8 Å². The molecule has 0 radical (unpaired) electrons. The Morgan fingerprint density at radius 1 is 0.865 bits per heavy atom. The first-order valence-corrected chi connectivity index (χ1v) is 13.4. The lowest BCUT2D eigenvalue weighted by molar-refractivity contribution is -0.137. The zero-order chi connectivity index (χ0) is 25.6. The van der Waals surface area contributed by atoms with Crippen LogP contribution in [-0.2, 0) is 16.0 Å². The van der Waals surface area contributed by atoms with E-state index < -0.39 is 6.04 Å². The number of carbonyl (C=O) groups excluding carboxylic acids is 3. The van der Waals surface area contributed by atoms with Gasteiger partial charge in [-0.3, -0.25) is 14.4 Å². The molecule has 0 saturated carbocycles. The molecule has 3 aliphatic heterocycles. The average molecular weight is 506 g/mol. The summed E-state index contributed by atoms with van der Waals surface area (Å²) >= 11 is 0. The van der Waals surface area contributed by atoms with Gasteiger partial charge in [-0.25, -0.2) is 0 Å². The van der Waals surface area contributed by atoms with Crippen LogP contribution in [0.2, 0.25) is 0 Å². The molecule has 37 heavy (non-hydrogen) atoms. The lowest BCUT2D eigenvalue weighted by Gasteiger charge is -2.38. The summed E-state index contributed by atoms with van der Waals surface area (Å²) in [7, 11) is 0. The van der Waals surface area contributed by atoms with Gasteiger partial charge in [0.25, 0.3) is 5.91 Å². The number of piperidine rings is 2. The molecule has 5 rings (SSSR count). The SMILES string of the molecule is O=C(N[C@H](C(=O)N1CCCCC1)C1CCN(C(=O)CCc2ccccc2)CC1)c1ccc2c(c1)OCO2. The molecule has 0 spiro atoms. The minimum atomic E-state index is -0.613. The van der Waals surface area contributed by atoms with Gasteiger partial charge in [-0.2, -0.15) is 0 Å². The number of rotatable bonds is 7. The summed E-state index contributed by atoms with van der Waals surface area (Å²) in [5.41, 5.74) is 1.60. The second-order valence-electron chi connectivity index (χ2n) is 10.1. The Hall–Kier alpha value is -3.55. The van der Waals surface area contributed by atoms with Crippen molar-refractivity contribution in [3.05, 3.63) is 59.7 Å². The summed E-state index contributed by atoms with van der Waals surface area (Å²) in [6.45, 7) is 2.79. The minimum absolute atomic E-state index is 0.0114. The van der Waals surface area contributed by atoms with Crippen LogP contribution in [0, 0.1) is 5.92 Å². The monoisotopic (exact) mass is 505 g/mol. The van der Waals surface area contributed by atoms with Crippen LogP contribution in [0.4, 0.5) is 0 Å². The first-order valence-electron chi connectivity index (χ1n) is 13.4. The van der Waals surface area contributed by atoms with Crippen LogP contribution in [0.5, 0.6) is 11.5 Å². The van der Waals surface area contributed by atoms with E-state index in [0.717, 1.165) is 44.3 Å². The predicted octanol–water partition coefficient (Wildman–Crippen LogP) is 3.40. The smallest absolute Gasteiger partial charge is 0.252 e. The summed E-state index contributed by atoms with van der Waals surface area (Å²) in [4.78, 5) is 43.5. The lowest BCUT2D eigenvalue weighted by Crippen LogP contribution is -2.55. The molecule has 3 aliphatic rings. The molecule has 3 heterocycles. The predicted molar refractivity (Wildman–Crippen MR) is 138 cm³/mol. The van der Waals surface area contributed by atoms with Crippen LogP contribution in [0.3, 0.4) is 0 Å². The molecule has 2 aromatic carbocycles. The van der Waals surface area contributed by atoms with Gasteiger partial charge >= 0.3 is 0 Å². The number of aryl methyl sites for hydroxylation is 1. The quantitative estimate of drug-likeness (QED) is 0.623. The van der Waals surface area contributed by atoms with Crippen molar-refractivity contribution in [3.63, 3.8) is 0 Å². The third-order valence-electron chi connectivity index (χ3n) is 7.69. The van der Waals surface area contributed by atoms with Crippen molar-refractivity contribution in [2.75, 3.05) is 33.0 Å². The normalized spacial score (nSPS) is 18.4. The summed E-state index contributed by atoms with van der Waals surface area (Å²) in [6.07, 6.45) is 5.67. The summed E-state index contributed by atoms with van der Waals surface area (Å²) in [6, 6.07) is 14.5. The Kier molecular flexibility index (Phi) is 7.92. The number of benzene rings is 2. The van der Waals surface area contributed by atoms with E-state index in [2.05, 4.69) is 5.32 Å². The maximum atomic E-state index is 13.6. The fourth-order valence-electron chi connectivity index (χ4n) is 5.49. The van der Waals surface area contributed by atoms with Gasteiger partial charge in [0.15, 0.2) is 11.5 Å². The molecule has 0 aromatic heterocycles. The molecule has 3 amide bonds. The fraction of sp³-hybridized carbons (Fsp3) is 0.483. The first-order chi connectivity index (χ1) is 18.1. The van der Waals surface area contributed by atoms with Crippen molar-refractivity contribution in [2.24, 2.45) is 5.92 Å². The zero-order valence-corrected chi connectivity index (χ0v) is 21.2. The number of hydrogen-bond donors (Lipinski definition) is 1. The van der Waals surface area contributed by atoms with Gasteiger partial charge in [-0.15, -0.1) is 0 Å². The van der Waals surface area contributed by atoms with Crippen molar-refractivity contribution in [1.29, 1.82) is 0 Å². The van der Waals surface area contributed by atoms with E-state index in [1.54, 1.807) is 18.2 Å². The highest BCUT2D eigenvalue weighted by molar-refractivity contribution is 5.98. The van der Waals surface area contributed by atoms with Crippen molar-refractivity contribution in [2.45, 2.75) is 51.0 Å². The number of fused-ring (bicyclic) bond motifs is 1. The summed E-state index contributed by atoms with van der Waals surface area (Å²) in [5.74, 6) is 0.963. The number of nitrogens with one attached hydrogen (secondary N) is 1. The standard InChI is InChI=1S/C29H35N3O5/c33-26(12-9-21-7-3-1-4-8-21)31-17-13-22(14-18-31)27(29(35)32-15-5-2-6-16-32)30-28(34)23-10-11-24-25(19-23)37-20-36-24/h1,3-4,7-8,10-11,19,22,27H,2,5-6,9,12-18,20H2,(H,30,34)/t27-/m0/s1. The molecule has 8 heteroatoms. The van der Waals surface area contributed by atoms with E-state index in [9.17, 15) is 14.4 Å². The van der Waals surface area contributed by atoms with E-state index in [1.807, 2.05) is 40.1 Å². The second kappa shape index (κ2) is 11.7. The number of amides is 3. The number of carbonyl (C=O) groups is 3. The molecule has 2 aromatic rings. The Morgan fingerprint density at radius 2 is 1.59 bits per heavy atom. The maximum absolute atomic E-state index is 13.6. The number of likely N-dealkylation sites (tertiary alicyclic amines) is 2. The zero-order valence-electron chi connectivity index (χ0n) is 21.2. The van der Waals surface area contributed by atoms with Gasteiger partial charge < -0.3 is 24.6 Å². The molecule has 0 unspecified atom stereocenters. The molecule has 2 fully saturated rings. The third-order valence-corrected chi connectivity index (χ3v) is 7.69. The van der Waals surface area contributed by atoms with Gasteiger partial charge in [-0.1, -0.05) is 30.3 Å². The van der Waals surface area contributed by atoms with Crippen LogP contribution in [0.1, 0.15) is 54.4 Å². The molecule has 1 N–H and O–H groups in total. The molecule has 8 nitrogen and oxygen atoms in total. The first kappa shape index (κ1) is 25.1. The second-order valence-corrected chi connectivity index (χ2v) is 10.1. The Morgan fingerprint density at radius 3 is 2.35 bits per heavy atom. The van der Waals surface area contributed by atoms with Crippen LogP contribution in [0.15, 0.2) is 48.5 Å². The molecule has 1 atom stereocenters. The topological polar surface area (TPSA) is 88.2 Å². The highest BCUT2D eigenvalue weighted by Crippen LogP contribution is 2.33. The Labute approximate surface area is 217 Å². The van der Waals surface area contributed by atoms with Crippen molar-refractivity contribution in [3.8, 4) is 11.5 Å². The van der Waals surface area contributed by atoms with E-state index in [4.69, 9.17) is 9.47 Å². The number of ether oxygens (including phenoxy) is 2. The third kappa shape index (κ3) is 6.06. The van der Waals surface area contributed by atoms with Crippen LogP contribution >= 0.6 is 0 Å². The fourth-order valence-corrected chi connectivity index (χ4v) is 5.49. The Bertz CT molecular complexity index is 1110. The van der Waals surface area contributed by atoms with E-state index >= 15 is 0 Å². The number of hydrogen-bond acceptors (Lipinski definition) is 5. The molecule has 196 valence electrons. The van der Waals surface area contributed by atoms with E-state index in [0.29, 0.717) is 49.4 Å². The summed E-state index contributed by atoms with van der Waals surface area (Å²) in [5, 5.41) is 3.05. The van der Waals surface area contributed by atoms with Crippen molar-refractivity contribution in [1.82, 2.24) is 15.1 Å². The molecular weight excluding hydrogens is 470 g/mol. The van der Waals surface area contributed by atoms with Gasteiger partial charge in [-0.05, 0) is 68.2 Å². The molecule has 2 saturated heterocycles. The average Bonchev–Trinajstić information content (AvgIpc) is 3.43. The van der Waals surface area contributed by atoms with Crippen molar-refractivity contribution < 1.29 is 23.9 Å². The molecule has 0 bridgehead atoms. The number of nitrogens with zero attached hydrogens (tertiary/aromatic N) is 2. The van der Waals surface area contributed by atoms with Crippen LogP contribution in [-0.4, -0.2) is 66.5 Å². The van der Waals surface area contributed by atoms with E-state index in [-0.39, 0.29) is 30.4 Å². The molecule has 0 aliphatic carbocycles.